The molecule has 5 rings (SSSR count). The number of rotatable bonds is 6. The molecule has 184 valence electrons. The van der Waals surface area contributed by atoms with E-state index in [2.05, 4.69) is 20.4 Å². The van der Waals surface area contributed by atoms with Gasteiger partial charge in [0.25, 0.3) is 0 Å². The van der Waals surface area contributed by atoms with Gasteiger partial charge in [-0.2, -0.15) is 0 Å². The highest BCUT2D eigenvalue weighted by atomic mass is 19.1. The number of halogens is 1. The summed E-state index contributed by atoms with van der Waals surface area (Å²) in [6, 6.07) is 12.0. The third kappa shape index (κ3) is 5.28. The minimum Gasteiger partial charge on any atom is -0.441 e. The maximum Gasteiger partial charge on any atom is 0.407 e. The molecular formula is C25H28FN5O4. The number of pyridine rings is 1. The van der Waals surface area contributed by atoms with Crippen molar-refractivity contribution in [2.45, 2.75) is 44.6 Å². The molecule has 1 unspecified atom stereocenters. The zero-order valence-corrected chi connectivity index (χ0v) is 19.2. The van der Waals surface area contributed by atoms with E-state index in [1.165, 1.54) is 18.2 Å². The number of nitrogens with two attached hydrogens (primary N) is 1. The van der Waals surface area contributed by atoms with Crippen molar-refractivity contribution in [3.63, 3.8) is 0 Å². The van der Waals surface area contributed by atoms with Crippen molar-refractivity contribution in [1.29, 1.82) is 0 Å². The Labute approximate surface area is 202 Å². The van der Waals surface area contributed by atoms with E-state index < -0.39 is 12.3 Å². The fourth-order valence-electron chi connectivity index (χ4n) is 4.97. The van der Waals surface area contributed by atoms with Gasteiger partial charge in [0.05, 0.1) is 0 Å². The van der Waals surface area contributed by atoms with Crippen LogP contribution in [-0.4, -0.2) is 40.5 Å². The van der Waals surface area contributed by atoms with Crippen molar-refractivity contribution in [2.75, 3.05) is 18.0 Å². The van der Waals surface area contributed by atoms with Gasteiger partial charge in [-0.3, -0.25) is 0 Å². The summed E-state index contributed by atoms with van der Waals surface area (Å²) in [5, 5.41) is 15.8. The monoisotopic (exact) mass is 481 g/mol. The molecule has 1 saturated carbocycles. The van der Waals surface area contributed by atoms with Gasteiger partial charge >= 0.3 is 6.09 Å². The molecule has 1 aliphatic carbocycles. The Morgan fingerprint density at radius 2 is 1.94 bits per heavy atom. The Morgan fingerprint density at radius 1 is 1.23 bits per heavy atom. The highest BCUT2D eigenvalue weighted by molar-refractivity contribution is 5.67. The number of piperidine rings is 1. The molecule has 2 aromatic heterocycles. The number of hydrogen-bond donors (Lipinski definition) is 3. The highest BCUT2D eigenvalue weighted by Crippen LogP contribution is 2.49. The second-order valence-electron chi connectivity index (χ2n) is 9.39. The topological polar surface area (TPSA) is 127 Å². The number of carbonyl (C=O) groups is 1. The SMILES string of the molecule is NC(O)c1cc(COC(=O)NC2CC3(CCN(c4ccc(-c5ccc(F)cc5)cn4)CC3)C2)on1. The minimum atomic E-state index is -1.23. The first kappa shape index (κ1) is 23.3. The lowest BCUT2D eigenvalue weighted by molar-refractivity contribution is 0.0457. The lowest BCUT2D eigenvalue weighted by Gasteiger charge is -2.52. The second-order valence-corrected chi connectivity index (χ2v) is 9.39. The van der Waals surface area contributed by atoms with Crippen LogP contribution in [0.25, 0.3) is 11.1 Å². The van der Waals surface area contributed by atoms with Gasteiger partial charge in [0.1, 0.15) is 23.6 Å². The molecule has 1 saturated heterocycles. The molecule has 3 heterocycles. The maximum absolute atomic E-state index is 13.1. The fraction of sp³-hybridized carbons (Fsp3) is 0.400. The van der Waals surface area contributed by atoms with Gasteiger partial charge in [-0.05, 0) is 60.9 Å². The van der Waals surface area contributed by atoms with Gasteiger partial charge in [0, 0.05) is 37.0 Å². The van der Waals surface area contributed by atoms with Crippen LogP contribution in [-0.2, 0) is 11.3 Å². The van der Waals surface area contributed by atoms with Crippen LogP contribution in [0.2, 0.25) is 0 Å². The van der Waals surface area contributed by atoms with Crippen molar-refractivity contribution in [3.8, 4) is 11.1 Å². The number of aliphatic hydroxyl groups excluding tert-OH is 1. The Balaban J connectivity index is 1.05. The Hall–Kier alpha value is -3.50. The van der Waals surface area contributed by atoms with Crippen molar-refractivity contribution < 1.29 is 23.6 Å². The summed E-state index contributed by atoms with van der Waals surface area (Å²) in [5.74, 6) is 1.01. The van der Waals surface area contributed by atoms with Crippen LogP contribution >= 0.6 is 0 Å². The first-order chi connectivity index (χ1) is 16.9. The summed E-state index contributed by atoms with van der Waals surface area (Å²) in [6.45, 7) is 1.76. The van der Waals surface area contributed by atoms with E-state index in [4.69, 9.17) is 15.0 Å². The van der Waals surface area contributed by atoms with Gasteiger partial charge in [-0.25, -0.2) is 14.2 Å². The van der Waals surface area contributed by atoms with Crippen LogP contribution in [0.15, 0.2) is 53.2 Å². The molecule has 1 atom stereocenters. The van der Waals surface area contributed by atoms with E-state index in [9.17, 15) is 14.3 Å². The summed E-state index contributed by atoms with van der Waals surface area (Å²) in [5.41, 5.74) is 7.65. The average molecular weight is 482 g/mol. The van der Waals surface area contributed by atoms with Gasteiger partial charge in [0.15, 0.2) is 12.4 Å². The van der Waals surface area contributed by atoms with E-state index in [-0.39, 0.29) is 29.6 Å². The molecule has 1 spiro atoms. The largest absolute Gasteiger partial charge is 0.441 e. The van der Waals surface area contributed by atoms with Gasteiger partial charge in [-0.1, -0.05) is 17.3 Å². The maximum atomic E-state index is 13.1. The molecule has 4 N–H and O–H groups in total. The number of carbonyl (C=O) groups excluding carboxylic acids is 1. The molecule has 35 heavy (non-hydrogen) atoms. The number of nitrogens with one attached hydrogen (secondary N) is 1. The second kappa shape index (κ2) is 9.63. The predicted octanol–water partition coefficient (Wildman–Crippen LogP) is 3.50. The summed E-state index contributed by atoms with van der Waals surface area (Å²) in [4.78, 5) is 19.0. The number of aliphatic hydroxyl groups is 1. The van der Waals surface area contributed by atoms with E-state index in [1.807, 2.05) is 18.3 Å². The number of aromatic nitrogens is 2. The lowest BCUT2D eigenvalue weighted by atomic mass is 9.60. The Morgan fingerprint density at radius 3 is 2.57 bits per heavy atom. The number of amides is 1. The quantitative estimate of drug-likeness (QED) is 0.457. The molecule has 3 aromatic rings. The third-order valence-corrected chi connectivity index (χ3v) is 6.98. The van der Waals surface area contributed by atoms with Gasteiger partial charge in [-0.15, -0.1) is 0 Å². The average Bonchev–Trinajstić information content (AvgIpc) is 3.33. The summed E-state index contributed by atoms with van der Waals surface area (Å²) in [7, 11) is 0. The van der Waals surface area contributed by atoms with Crippen LogP contribution < -0.4 is 16.0 Å². The molecule has 1 aliphatic heterocycles. The molecule has 2 aliphatic rings. The first-order valence-corrected chi connectivity index (χ1v) is 11.7. The first-order valence-electron chi connectivity index (χ1n) is 11.7. The van der Waals surface area contributed by atoms with Crippen LogP contribution in [0.5, 0.6) is 0 Å². The van der Waals surface area contributed by atoms with Crippen molar-refractivity contribution >= 4 is 11.9 Å². The Kier molecular flexibility index (Phi) is 6.40. The van der Waals surface area contributed by atoms with Crippen molar-refractivity contribution in [3.05, 3.63) is 65.9 Å². The standard InChI is InChI=1S/C25H28FN5O4/c26-18-4-1-16(2-5-18)17-3-6-22(28-14-17)31-9-7-25(8-10-31)12-19(13-25)29-24(33)34-15-20-11-21(23(27)32)30-35-20/h1-6,11,14,19,23,32H,7-10,12-13,15,27H2,(H,29,33). The van der Waals surface area contributed by atoms with Gasteiger partial charge in [0.2, 0.25) is 0 Å². The highest BCUT2D eigenvalue weighted by Gasteiger charge is 2.46. The number of ether oxygens (including phenoxy) is 1. The molecule has 0 bridgehead atoms. The van der Waals surface area contributed by atoms with Gasteiger partial charge < -0.3 is 30.3 Å². The summed E-state index contributed by atoms with van der Waals surface area (Å²) < 4.78 is 23.3. The lowest BCUT2D eigenvalue weighted by Crippen LogP contribution is -2.55. The number of hydrogen-bond acceptors (Lipinski definition) is 8. The van der Waals surface area contributed by atoms with Crippen molar-refractivity contribution in [1.82, 2.24) is 15.5 Å². The number of benzene rings is 1. The molecule has 9 nitrogen and oxygen atoms in total. The molecule has 1 aromatic carbocycles. The normalized spacial score (nSPS) is 18.2. The molecular weight excluding hydrogens is 453 g/mol. The van der Waals surface area contributed by atoms with Crippen LogP contribution in [0.3, 0.4) is 0 Å². The molecule has 10 heteroatoms. The zero-order chi connectivity index (χ0) is 24.4. The van der Waals surface area contributed by atoms with E-state index >= 15 is 0 Å². The van der Waals surface area contributed by atoms with E-state index in [0.717, 1.165) is 55.7 Å². The smallest absolute Gasteiger partial charge is 0.407 e. The summed E-state index contributed by atoms with van der Waals surface area (Å²) >= 11 is 0. The van der Waals surface area contributed by atoms with Crippen LogP contribution in [0.4, 0.5) is 15.0 Å². The van der Waals surface area contributed by atoms with E-state index in [0.29, 0.717) is 5.76 Å². The molecule has 2 fully saturated rings. The Bertz CT molecular complexity index is 1150. The predicted molar refractivity (Wildman–Crippen MR) is 126 cm³/mol. The third-order valence-electron chi connectivity index (χ3n) is 6.98. The number of anilines is 1. The molecule has 1 amide bonds. The fourth-order valence-corrected chi connectivity index (χ4v) is 4.97. The van der Waals surface area contributed by atoms with Crippen LogP contribution in [0, 0.1) is 11.2 Å². The minimum absolute atomic E-state index is 0.0780. The van der Waals surface area contributed by atoms with E-state index in [1.54, 1.807) is 12.1 Å². The number of nitrogens with zero attached hydrogens (tertiary/aromatic N) is 3. The summed E-state index contributed by atoms with van der Waals surface area (Å²) in [6.07, 6.45) is 4.06. The van der Waals surface area contributed by atoms with Crippen LogP contribution in [0.1, 0.15) is 43.4 Å². The zero-order valence-electron chi connectivity index (χ0n) is 19.2. The molecule has 0 radical (unpaired) electrons. The van der Waals surface area contributed by atoms with Crippen molar-refractivity contribution in [2.24, 2.45) is 11.1 Å². The number of alkyl carbamates (subject to hydrolysis) is 1.